The first-order valence-electron chi connectivity index (χ1n) is 15.4. The van der Waals surface area contributed by atoms with Gasteiger partial charge in [0.2, 0.25) is 0 Å². The van der Waals surface area contributed by atoms with Gasteiger partial charge in [-0.15, -0.1) is 0 Å². The molecule has 9 aromatic rings. The van der Waals surface area contributed by atoms with E-state index in [0.29, 0.717) is 0 Å². The van der Waals surface area contributed by atoms with Crippen molar-refractivity contribution in [3.05, 3.63) is 170 Å². The Kier molecular flexibility index (Phi) is 5.89. The van der Waals surface area contributed by atoms with Crippen molar-refractivity contribution in [3.63, 3.8) is 0 Å². The van der Waals surface area contributed by atoms with Crippen molar-refractivity contribution in [1.29, 1.82) is 0 Å². The van der Waals surface area contributed by atoms with Crippen LogP contribution in [0.15, 0.2) is 174 Å². The van der Waals surface area contributed by atoms with E-state index in [2.05, 4.69) is 164 Å². The van der Waals surface area contributed by atoms with Gasteiger partial charge in [0.15, 0.2) is 0 Å². The molecule has 0 aliphatic rings. The minimum atomic E-state index is 0.905. The Bertz CT molecular complexity index is 2510. The van der Waals surface area contributed by atoms with Crippen LogP contribution in [0.25, 0.3) is 88.0 Å². The van der Waals surface area contributed by atoms with E-state index in [-0.39, 0.29) is 0 Å². The zero-order valence-electron chi connectivity index (χ0n) is 24.6. The lowest BCUT2D eigenvalue weighted by atomic mass is 9.82. The van der Waals surface area contributed by atoms with E-state index in [4.69, 9.17) is 4.42 Å². The number of hydrogen-bond acceptors (Lipinski definition) is 1. The number of hydrogen-bond donors (Lipinski definition) is 0. The second-order valence-electron chi connectivity index (χ2n) is 11.6. The van der Waals surface area contributed by atoms with Gasteiger partial charge < -0.3 is 4.42 Å². The number of rotatable bonds is 4. The van der Waals surface area contributed by atoms with Gasteiger partial charge in [-0.3, -0.25) is 0 Å². The largest absolute Gasteiger partial charge is 0.456 e. The molecule has 45 heavy (non-hydrogen) atoms. The molecular formula is C44H28O. The van der Waals surface area contributed by atoms with Gasteiger partial charge in [-0.05, 0) is 90.3 Å². The Morgan fingerprint density at radius 2 is 0.756 bits per heavy atom. The average molecular weight is 573 g/mol. The molecule has 0 atom stereocenters. The Morgan fingerprint density at radius 3 is 1.38 bits per heavy atom. The molecule has 1 aromatic heterocycles. The summed E-state index contributed by atoms with van der Waals surface area (Å²) in [4.78, 5) is 0. The molecule has 0 saturated heterocycles. The number of furan rings is 1. The summed E-state index contributed by atoms with van der Waals surface area (Å²) in [5, 5.41) is 7.22. The molecule has 0 saturated carbocycles. The number of benzene rings is 8. The van der Waals surface area contributed by atoms with Crippen molar-refractivity contribution in [3.8, 4) is 44.5 Å². The Morgan fingerprint density at radius 1 is 0.289 bits per heavy atom. The van der Waals surface area contributed by atoms with Gasteiger partial charge in [0.25, 0.3) is 0 Å². The molecular weight excluding hydrogens is 544 g/mol. The summed E-state index contributed by atoms with van der Waals surface area (Å²) in [5.74, 6) is 0. The molecule has 1 heterocycles. The van der Waals surface area contributed by atoms with Crippen LogP contribution >= 0.6 is 0 Å². The van der Waals surface area contributed by atoms with Crippen LogP contribution in [0.4, 0.5) is 0 Å². The highest BCUT2D eigenvalue weighted by Crippen LogP contribution is 2.49. The first kappa shape index (κ1) is 25.6. The first-order valence-corrected chi connectivity index (χ1v) is 15.4. The van der Waals surface area contributed by atoms with Crippen LogP contribution in [0.5, 0.6) is 0 Å². The smallest absolute Gasteiger partial charge is 0.136 e. The lowest BCUT2D eigenvalue weighted by Crippen LogP contribution is -1.94. The minimum Gasteiger partial charge on any atom is -0.456 e. The molecule has 0 bridgehead atoms. The van der Waals surface area contributed by atoms with Gasteiger partial charge in [0.1, 0.15) is 11.2 Å². The second kappa shape index (κ2) is 10.4. The zero-order valence-corrected chi connectivity index (χ0v) is 24.6. The van der Waals surface area contributed by atoms with Crippen molar-refractivity contribution in [2.45, 2.75) is 0 Å². The molecule has 0 aliphatic carbocycles. The molecule has 0 unspecified atom stereocenters. The summed E-state index contributed by atoms with van der Waals surface area (Å²) >= 11 is 0. The molecule has 0 fully saturated rings. The third-order valence-electron chi connectivity index (χ3n) is 9.07. The SMILES string of the molecule is c1ccc(-c2cc3c(-c4ccccc4)c4ccccc4c(-c4cccc5oc6ccccc6c45)c3cc2-c2ccccc2)cc1. The van der Waals surface area contributed by atoms with Gasteiger partial charge in [0, 0.05) is 10.8 Å². The number of fused-ring (bicyclic) bond motifs is 5. The van der Waals surface area contributed by atoms with Crippen LogP contribution < -0.4 is 0 Å². The Labute approximate surface area is 261 Å². The van der Waals surface area contributed by atoms with Crippen molar-refractivity contribution in [2.75, 3.05) is 0 Å². The third-order valence-corrected chi connectivity index (χ3v) is 9.07. The molecule has 8 aromatic carbocycles. The highest BCUT2D eigenvalue weighted by Gasteiger charge is 2.22. The quantitative estimate of drug-likeness (QED) is 0.191. The molecule has 0 aliphatic heterocycles. The zero-order chi connectivity index (χ0) is 29.7. The van der Waals surface area contributed by atoms with Crippen LogP contribution in [0, 0.1) is 0 Å². The molecule has 210 valence electrons. The van der Waals surface area contributed by atoms with E-state index in [0.717, 1.165) is 21.9 Å². The Balaban J connectivity index is 1.52. The molecule has 0 amide bonds. The minimum absolute atomic E-state index is 0.905. The molecule has 1 heteroatoms. The van der Waals surface area contributed by atoms with Crippen molar-refractivity contribution >= 4 is 43.5 Å². The van der Waals surface area contributed by atoms with Crippen LogP contribution in [0.1, 0.15) is 0 Å². The lowest BCUT2D eigenvalue weighted by Gasteiger charge is -2.21. The summed E-state index contributed by atoms with van der Waals surface area (Å²) in [6.07, 6.45) is 0. The first-order chi connectivity index (χ1) is 22.3. The average Bonchev–Trinajstić information content (AvgIpc) is 3.50. The number of para-hydroxylation sites is 1. The van der Waals surface area contributed by atoms with Gasteiger partial charge >= 0.3 is 0 Å². The molecule has 0 radical (unpaired) electrons. The summed E-state index contributed by atoms with van der Waals surface area (Å²) in [6, 6.07) is 61.0. The fourth-order valence-corrected chi connectivity index (χ4v) is 7.12. The highest BCUT2D eigenvalue weighted by atomic mass is 16.3. The summed E-state index contributed by atoms with van der Waals surface area (Å²) in [7, 11) is 0. The fraction of sp³-hybridized carbons (Fsp3) is 0. The van der Waals surface area contributed by atoms with Crippen LogP contribution in [-0.2, 0) is 0 Å². The predicted molar refractivity (Wildman–Crippen MR) is 190 cm³/mol. The predicted octanol–water partition coefficient (Wildman–Crippen LogP) is 12.6. The van der Waals surface area contributed by atoms with Crippen LogP contribution in [-0.4, -0.2) is 0 Å². The van der Waals surface area contributed by atoms with Crippen molar-refractivity contribution in [2.24, 2.45) is 0 Å². The van der Waals surface area contributed by atoms with Crippen LogP contribution in [0.2, 0.25) is 0 Å². The Hall–Kier alpha value is -5.92. The normalized spacial score (nSPS) is 11.6. The maximum absolute atomic E-state index is 6.40. The van der Waals surface area contributed by atoms with E-state index < -0.39 is 0 Å². The van der Waals surface area contributed by atoms with Gasteiger partial charge in [-0.2, -0.15) is 0 Å². The highest BCUT2D eigenvalue weighted by molar-refractivity contribution is 6.26. The molecule has 0 N–H and O–H groups in total. The van der Waals surface area contributed by atoms with E-state index in [9.17, 15) is 0 Å². The van der Waals surface area contributed by atoms with Crippen molar-refractivity contribution < 1.29 is 4.42 Å². The van der Waals surface area contributed by atoms with Crippen LogP contribution in [0.3, 0.4) is 0 Å². The standard InChI is InChI=1S/C44H28O/c1-4-15-29(16-5-1)36-27-38-39(28-37(36)30-17-6-2-7-18-30)43(33-22-11-10-21-32(33)42(38)31-19-8-3-9-20-31)35-24-14-26-41-44(35)34-23-12-13-25-40(34)45-41/h1-28H. The van der Waals surface area contributed by atoms with Gasteiger partial charge in [0.05, 0.1) is 0 Å². The van der Waals surface area contributed by atoms with Gasteiger partial charge in [-0.1, -0.05) is 146 Å². The summed E-state index contributed by atoms with van der Waals surface area (Å²) in [5.41, 5.74) is 11.5. The monoisotopic (exact) mass is 572 g/mol. The second-order valence-corrected chi connectivity index (χ2v) is 11.6. The molecule has 0 spiro atoms. The summed E-state index contributed by atoms with van der Waals surface area (Å²) < 4.78 is 6.40. The van der Waals surface area contributed by atoms with E-state index in [1.54, 1.807) is 0 Å². The molecule has 9 rings (SSSR count). The lowest BCUT2D eigenvalue weighted by molar-refractivity contribution is 0.669. The molecule has 1 nitrogen and oxygen atoms in total. The maximum atomic E-state index is 6.40. The third kappa shape index (κ3) is 4.09. The van der Waals surface area contributed by atoms with Gasteiger partial charge in [-0.25, -0.2) is 0 Å². The van der Waals surface area contributed by atoms with E-state index in [1.165, 1.54) is 66.1 Å². The van der Waals surface area contributed by atoms with Crippen molar-refractivity contribution in [1.82, 2.24) is 0 Å². The van der Waals surface area contributed by atoms with E-state index in [1.807, 2.05) is 6.07 Å². The topological polar surface area (TPSA) is 13.1 Å². The maximum Gasteiger partial charge on any atom is 0.136 e. The summed E-state index contributed by atoms with van der Waals surface area (Å²) in [6.45, 7) is 0. The van der Waals surface area contributed by atoms with E-state index >= 15 is 0 Å². The fourth-order valence-electron chi connectivity index (χ4n) is 7.12.